The Kier molecular flexibility index (Phi) is 7.17. The van der Waals surface area contributed by atoms with Crippen molar-refractivity contribution in [1.82, 2.24) is 10.6 Å². The third-order valence-corrected chi connectivity index (χ3v) is 5.79. The van der Waals surface area contributed by atoms with E-state index in [-0.39, 0.29) is 17.9 Å². The smallest absolute Gasteiger partial charge is 0.265 e. The number of nitrogens with zero attached hydrogens (tertiary/aromatic N) is 1. The SMILES string of the molecule is Cc1ccc(C2=NOC(C(=O)NC(Cc3ccccc3)C(=O)NCC3CCCO3)C2)cc1. The van der Waals surface area contributed by atoms with E-state index in [9.17, 15) is 9.59 Å². The van der Waals surface area contributed by atoms with Gasteiger partial charge in [0.25, 0.3) is 5.91 Å². The highest BCUT2D eigenvalue weighted by molar-refractivity contribution is 6.04. The Bertz CT molecular complexity index is 953. The third kappa shape index (κ3) is 5.73. The molecule has 2 aliphatic rings. The molecule has 7 nitrogen and oxygen atoms in total. The normalized spacial score (nSPS) is 20.8. The minimum absolute atomic E-state index is 0.0376. The summed E-state index contributed by atoms with van der Waals surface area (Å²) in [6.07, 6.45) is 1.98. The van der Waals surface area contributed by atoms with Crippen molar-refractivity contribution in [3.8, 4) is 0 Å². The molecular weight excluding hydrogens is 406 g/mol. The first-order valence-electron chi connectivity index (χ1n) is 11.1. The van der Waals surface area contributed by atoms with E-state index >= 15 is 0 Å². The summed E-state index contributed by atoms with van der Waals surface area (Å²) in [6, 6.07) is 16.9. The highest BCUT2D eigenvalue weighted by Crippen LogP contribution is 2.18. The van der Waals surface area contributed by atoms with Crippen LogP contribution in [0.25, 0.3) is 0 Å². The van der Waals surface area contributed by atoms with Gasteiger partial charge < -0.3 is 20.2 Å². The maximum atomic E-state index is 12.9. The molecule has 0 bridgehead atoms. The number of carbonyl (C=O) groups is 2. The zero-order chi connectivity index (χ0) is 22.3. The van der Waals surface area contributed by atoms with Gasteiger partial charge in [0.15, 0.2) is 0 Å². The standard InChI is InChI=1S/C25H29N3O4/c1-17-9-11-19(12-10-17)21-15-23(32-28-21)25(30)27-22(14-18-6-3-2-4-7-18)24(29)26-16-20-8-5-13-31-20/h2-4,6-7,9-12,20,22-23H,5,8,13-16H2,1H3,(H,26,29)(H,27,30). The van der Waals surface area contributed by atoms with Crippen molar-refractivity contribution in [2.45, 2.75) is 50.9 Å². The molecule has 0 aromatic heterocycles. The summed E-state index contributed by atoms with van der Waals surface area (Å²) in [5, 5.41) is 9.91. The summed E-state index contributed by atoms with van der Waals surface area (Å²) >= 11 is 0. The van der Waals surface area contributed by atoms with Crippen molar-refractivity contribution in [1.29, 1.82) is 0 Å². The van der Waals surface area contributed by atoms with Crippen LogP contribution in [-0.4, -0.2) is 48.9 Å². The first-order valence-corrected chi connectivity index (χ1v) is 11.1. The number of amides is 2. The second-order valence-corrected chi connectivity index (χ2v) is 8.33. The molecule has 2 N–H and O–H groups in total. The molecule has 2 aromatic carbocycles. The highest BCUT2D eigenvalue weighted by atomic mass is 16.6. The molecule has 0 aliphatic carbocycles. The fraction of sp³-hybridized carbons (Fsp3) is 0.400. The van der Waals surface area contributed by atoms with Gasteiger partial charge in [0, 0.05) is 26.0 Å². The topological polar surface area (TPSA) is 89.0 Å². The van der Waals surface area contributed by atoms with Crippen molar-refractivity contribution in [2.24, 2.45) is 5.16 Å². The maximum Gasteiger partial charge on any atom is 0.265 e. The maximum absolute atomic E-state index is 12.9. The molecule has 3 unspecified atom stereocenters. The minimum atomic E-state index is -0.754. The van der Waals surface area contributed by atoms with Crippen LogP contribution in [0.4, 0.5) is 0 Å². The van der Waals surface area contributed by atoms with Crippen LogP contribution >= 0.6 is 0 Å². The van der Waals surface area contributed by atoms with Gasteiger partial charge in [-0.15, -0.1) is 0 Å². The Morgan fingerprint density at radius 2 is 1.91 bits per heavy atom. The molecule has 1 fully saturated rings. The molecule has 2 aromatic rings. The number of carbonyl (C=O) groups excluding carboxylic acids is 2. The summed E-state index contributed by atoms with van der Waals surface area (Å²) in [4.78, 5) is 31.3. The molecule has 0 spiro atoms. The van der Waals surface area contributed by atoms with Crippen LogP contribution in [0.2, 0.25) is 0 Å². The van der Waals surface area contributed by atoms with E-state index in [4.69, 9.17) is 9.57 Å². The number of rotatable bonds is 8. The lowest BCUT2D eigenvalue weighted by Crippen LogP contribution is -2.51. The van der Waals surface area contributed by atoms with Crippen LogP contribution < -0.4 is 10.6 Å². The van der Waals surface area contributed by atoms with Crippen molar-refractivity contribution in [2.75, 3.05) is 13.2 Å². The van der Waals surface area contributed by atoms with E-state index in [1.54, 1.807) is 0 Å². The summed E-state index contributed by atoms with van der Waals surface area (Å²) < 4.78 is 5.59. The zero-order valence-electron chi connectivity index (χ0n) is 18.3. The summed E-state index contributed by atoms with van der Waals surface area (Å²) in [5.74, 6) is -0.570. The Balaban J connectivity index is 1.37. The Morgan fingerprint density at radius 3 is 2.62 bits per heavy atom. The molecule has 32 heavy (non-hydrogen) atoms. The van der Waals surface area contributed by atoms with Gasteiger partial charge >= 0.3 is 0 Å². The van der Waals surface area contributed by atoms with Gasteiger partial charge in [0.05, 0.1) is 11.8 Å². The van der Waals surface area contributed by atoms with E-state index in [0.29, 0.717) is 19.4 Å². The van der Waals surface area contributed by atoms with Gasteiger partial charge in [-0.2, -0.15) is 0 Å². The number of ether oxygens (including phenoxy) is 1. The van der Waals surface area contributed by atoms with Gasteiger partial charge in [0.1, 0.15) is 6.04 Å². The number of hydrogen-bond acceptors (Lipinski definition) is 5. The van der Waals surface area contributed by atoms with Crippen LogP contribution in [0, 0.1) is 6.92 Å². The molecule has 4 rings (SSSR count). The zero-order valence-corrected chi connectivity index (χ0v) is 18.3. The molecule has 2 aliphatic heterocycles. The van der Waals surface area contributed by atoms with Crippen molar-refractivity contribution >= 4 is 17.5 Å². The van der Waals surface area contributed by atoms with E-state index in [1.807, 2.05) is 61.5 Å². The molecule has 2 amide bonds. The molecule has 7 heteroatoms. The fourth-order valence-electron chi connectivity index (χ4n) is 3.90. The molecule has 1 saturated heterocycles. The van der Waals surface area contributed by atoms with E-state index in [0.717, 1.165) is 41.9 Å². The van der Waals surface area contributed by atoms with Crippen molar-refractivity contribution < 1.29 is 19.2 Å². The largest absolute Gasteiger partial charge is 0.382 e. The van der Waals surface area contributed by atoms with E-state index < -0.39 is 12.1 Å². The van der Waals surface area contributed by atoms with E-state index in [1.165, 1.54) is 0 Å². The second kappa shape index (κ2) is 10.4. The van der Waals surface area contributed by atoms with Gasteiger partial charge in [-0.05, 0) is 30.9 Å². The molecule has 0 saturated carbocycles. The first-order chi connectivity index (χ1) is 15.6. The lowest BCUT2D eigenvalue weighted by atomic mass is 10.0. The number of oxime groups is 1. The van der Waals surface area contributed by atoms with Crippen molar-refractivity contribution in [3.05, 3.63) is 71.3 Å². The van der Waals surface area contributed by atoms with Crippen LogP contribution in [0.3, 0.4) is 0 Å². The Morgan fingerprint density at radius 1 is 1.12 bits per heavy atom. The first kappa shape index (κ1) is 22.0. The molecule has 2 heterocycles. The number of nitrogens with one attached hydrogen (secondary N) is 2. The minimum Gasteiger partial charge on any atom is -0.382 e. The average molecular weight is 436 g/mol. The van der Waals surface area contributed by atoms with Gasteiger partial charge in [-0.1, -0.05) is 65.3 Å². The summed E-state index contributed by atoms with van der Waals surface area (Å²) in [6.45, 7) is 3.19. The van der Waals surface area contributed by atoms with Gasteiger partial charge in [-0.3, -0.25) is 9.59 Å². The Labute approximate surface area is 188 Å². The van der Waals surface area contributed by atoms with Crippen molar-refractivity contribution in [3.63, 3.8) is 0 Å². The predicted octanol–water partition coefficient (Wildman–Crippen LogP) is 2.51. The van der Waals surface area contributed by atoms with Crippen LogP contribution in [0.1, 0.15) is 36.0 Å². The monoisotopic (exact) mass is 435 g/mol. The second-order valence-electron chi connectivity index (χ2n) is 8.33. The predicted molar refractivity (Wildman–Crippen MR) is 121 cm³/mol. The number of hydrogen-bond donors (Lipinski definition) is 2. The summed E-state index contributed by atoms with van der Waals surface area (Å²) in [5.41, 5.74) is 3.78. The summed E-state index contributed by atoms with van der Waals surface area (Å²) in [7, 11) is 0. The lowest BCUT2D eigenvalue weighted by Gasteiger charge is -2.21. The van der Waals surface area contributed by atoms with Crippen LogP contribution in [0.5, 0.6) is 0 Å². The highest BCUT2D eigenvalue weighted by Gasteiger charge is 2.32. The number of aryl methyl sites for hydroxylation is 1. The third-order valence-electron chi connectivity index (χ3n) is 5.79. The Hall–Kier alpha value is -3.19. The number of benzene rings is 2. The van der Waals surface area contributed by atoms with Crippen LogP contribution in [0.15, 0.2) is 59.8 Å². The van der Waals surface area contributed by atoms with Gasteiger partial charge in [-0.25, -0.2) is 0 Å². The van der Waals surface area contributed by atoms with Crippen LogP contribution in [-0.2, 0) is 25.6 Å². The molecule has 168 valence electrons. The van der Waals surface area contributed by atoms with Gasteiger partial charge in [0.2, 0.25) is 12.0 Å². The molecular formula is C25H29N3O4. The average Bonchev–Trinajstić information content (AvgIpc) is 3.51. The van der Waals surface area contributed by atoms with E-state index in [2.05, 4.69) is 15.8 Å². The molecule has 0 radical (unpaired) electrons. The lowest BCUT2D eigenvalue weighted by molar-refractivity contribution is -0.135. The molecule has 3 atom stereocenters. The fourth-order valence-corrected chi connectivity index (χ4v) is 3.90. The quantitative estimate of drug-likeness (QED) is 0.667.